The van der Waals surface area contributed by atoms with Gasteiger partial charge in [0.15, 0.2) is 0 Å². The van der Waals surface area contributed by atoms with Crippen molar-refractivity contribution in [2.75, 3.05) is 12.0 Å². The molecule has 0 aliphatic heterocycles. The zero-order valence-electron chi connectivity index (χ0n) is 10.6. The lowest BCUT2D eigenvalue weighted by molar-refractivity contribution is 0.0954. The van der Waals surface area contributed by atoms with E-state index in [1.807, 2.05) is 6.92 Å². The fourth-order valence-electron chi connectivity index (χ4n) is 1.71. The topological polar surface area (TPSA) is 109 Å². The molecule has 0 saturated heterocycles. The molecule has 0 unspecified atom stereocenters. The first-order valence-electron chi connectivity index (χ1n) is 5.90. The third-order valence-corrected chi connectivity index (χ3v) is 2.60. The summed E-state index contributed by atoms with van der Waals surface area (Å²) >= 11 is 0. The van der Waals surface area contributed by atoms with Gasteiger partial charge in [0.2, 0.25) is 0 Å². The number of amides is 1. The fraction of sp³-hybridized carbons (Fsp3) is 0.250. The van der Waals surface area contributed by atoms with Crippen LogP contribution in [-0.2, 0) is 6.42 Å². The highest BCUT2D eigenvalue weighted by atomic mass is 16.1. The number of anilines is 1. The van der Waals surface area contributed by atoms with Crippen molar-refractivity contribution < 1.29 is 4.79 Å². The number of hydrogen-bond donors (Lipinski definition) is 4. The van der Waals surface area contributed by atoms with Gasteiger partial charge in [-0.25, -0.2) is 15.8 Å². The number of aromatic nitrogens is 3. The Bertz CT molecular complexity index is 551. The van der Waals surface area contributed by atoms with Gasteiger partial charge in [-0.3, -0.25) is 4.79 Å². The molecule has 0 bridgehead atoms. The number of nitrogens with one attached hydrogen (secondary N) is 3. The zero-order chi connectivity index (χ0) is 13.7. The molecular weight excluding hydrogens is 244 g/mol. The van der Waals surface area contributed by atoms with Crippen molar-refractivity contribution in [3.05, 3.63) is 41.6 Å². The van der Waals surface area contributed by atoms with Gasteiger partial charge in [0.1, 0.15) is 5.82 Å². The summed E-state index contributed by atoms with van der Waals surface area (Å²) in [5, 5.41) is 2.83. The molecule has 2 aromatic rings. The predicted molar refractivity (Wildman–Crippen MR) is 71.4 cm³/mol. The normalized spacial score (nSPS) is 10.2. The summed E-state index contributed by atoms with van der Waals surface area (Å²) in [4.78, 5) is 23.0. The van der Waals surface area contributed by atoms with Crippen LogP contribution in [0.25, 0.3) is 0 Å². The Morgan fingerprint density at radius 1 is 1.47 bits per heavy atom. The number of carbonyl (C=O) groups excluding carboxylic acids is 1. The molecule has 0 fully saturated rings. The van der Waals surface area contributed by atoms with E-state index in [0.717, 1.165) is 11.4 Å². The molecular formula is C12H16N6O. The summed E-state index contributed by atoms with van der Waals surface area (Å²) in [5.41, 5.74) is 4.68. The summed E-state index contributed by atoms with van der Waals surface area (Å²) in [6, 6.07) is 3.32. The Hall–Kier alpha value is -2.41. The number of nitrogens with two attached hydrogens (primary N) is 1. The molecule has 0 saturated carbocycles. The maximum Gasteiger partial charge on any atom is 0.251 e. The minimum absolute atomic E-state index is 0.151. The van der Waals surface area contributed by atoms with Crippen molar-refractivity contribution >= 4 is 11.7 Å². The van der Waals surface area contributed by atoms with E-state index in [-0.39, 0.29) is 5.91 Å². The molecule has 0 aromatic carbocycles. The van der Waals surface area contributed by atoms with Gasteiger partial charge >= 0.3 is 0 Å². The number of aromatic amines is 1. The summed E-state index contributed by atoms with van der Waals surface area (Å²) in [6.07, 6.45) is 4.06. The van der Waals surface area contributed by atoms with Gasteiger partial charge in [-0.15, -0.1) is 0 Å². The first-order valence-corrected chi connectivity index (χ1v) is 5.90. The van der Waals surface area contributed by atoms with E-state index < -0.39 is 0 Å². The average Bonchev–Trinajstić information content (AvgIpc) is 2.91. The minimum atomic E-state index is -0.151. The van der Waals surface area contributed by atoms with Crippen molar-refractivity contribution in [2.24, 2.45) is 5.84 Å². The van der Waals surface area contributed by atoms with Crippen LogP contribution in [0.1, 0.15) is 21.7 Å². The van der Waals surface area contributed by atoms with Crippen LogP contribution in [0.15, 0.2) is 24.7 Å². The molecule has 0 aliphatic rings. The lowest BCUT2D eigenvalue weighted by atomic mass is 10.2. The molecule has 0 aliphatic carbocycles. The van der Waals surface area contributed by atoms with Crippen molar-refractivity contribution in [1.29, 1.82) is 0 Å². The molecule has 0 atom stereocenters. The standard InChI is InChI=1S/C12H16N6O/c1-8-4-9(5-11(17-8)18-13)12(19)15-3-2-10-6-14-7-16-10/h4-7H,2-3,13H2,1H3,(H,14,16)(H,15,19)(H,17,18). The van der Waals surface area contributed by atoms with Crippen molar-refractivity contribution in [3.63, 3.8) is 0 Å². The number of carbonyl (C=O) groups is 1. The van der Waals surface area contributed by atoms with E-state index in [1.165, 1.54) is 0 Å². The highest BCUT2D eigenvalue weighted by molar-refractivity contribution is 5.94. The van der Waals surface area contributed by atoms with Gasteiger partial charge in [0.25, 0.3) is 5.91 Å². The van der Waals surface area contributed by atoms with Crippen LogP contribution in [0.3, 0.4) is 0 Å². The Morgan fingerprint density at radius 3 is 3.00 bits per heavy atom. The van der Waals surface area contributed by atoms with Crippen LogP contribution in [-0.4, -0.2) is 27.4 Å². The van der Waals surface area contributed by atoms with E-state index in [2.05, 4.69) is 25.7 Å². The number of H-pyrrole nitrogens is 1. The second-order valence-corrected chi connectivity index (χ2v) is 4.11. The summed E-state index contributed by atoms with van der Waals surface area (Å²) in [6.45, 7) is 2.34. The van der Waals surface area contributed by atoms with Crippen molar-refractivity contribution in [1.82, 2.24) is 20.3 Å². The third-order valence-electron chi connectivity index (χ3n) is 2.60. The van der Waals surface area contributed by atoms with E-state index in [4.69, 9.17) is 5.84 Å². The van der Waals surface area contributed by atoms with E-state index in [1.54, 1.807) is 24.7 Å². The number of aryl methyl sites for hydroxylation is 1. The highest BCUT2D eigenvalue weighted by Gasteiger charge is 2.08. The fourth-order valence-corrected chi connectivity index (χ4v) is 1.71. The van der Waals surface area contributed by atoms with Gasteiger partial charge < -0.3 is 15.7 Å². The molecule has 0 radical (unpaired) electrons. The van der Waals surface area contributed by atoms with E-state index in [9.17, 15) is 4.79 Å². The second-order valence-electron chi connectivity index (χ2n) is 4.11. The Kier molecular flexibility index (Phi) is 4.09. The van der Waals surface area contributed by atoms with Gasteiger partial charge in [-0.1, -0.05) is 0 Å². The largest absolute Gasteiger partial charge is 0.352 e. The minimum Gasteiger partial charge on any atom is -0.352 e. The Morgan fingerprint density at radius 2 is 2.32 bits per heavy atom. The quantitative estimate of drug-likeness (QED) is 0.459. The van der Waals surface area contributed by atoms with E-state index in [0.29, 0.717) is 24.3 Å². The van der Waals surface area contributed by atoms with Gasteiger partial charge in [-0.2, -0.15) is 0 Å². The van der Waals surface area contributed by atoms with Crippen LogP contribution in [0, 0.1) is 6.92 Å². The summed E-state index contributed by atoms with van der Waals surface area (Å²) in [7, 11) is 0. The molecule has 2 aromatic heterocycles. The van der Waals surface area contributed by atoms with Crippen LogP contribution in [0.4, 0.5) is 5.82 Å². The maximum absolute atomic E-state index is 12.0. The molecule has 7 heteroatoms. The number of nitrogens with zero attached hydrogens (tertiary/aromatic N) is 2. The Labute approximate surface area is 110 Å². The Balaban J connectivity index is 1.94. The number of nitrogen functional groups attached to an aromatic ring is 1. The smallest absolute Gasteiger partial charge is 0.251 e. The molecule has 0 spiro atoms. The molecule has 2 rings (SSSR count). The molecule has 5 N–H and O–H groups in total. The van der Waals surface area contributed by atoms with Crippen LogP contribution >= 0.6 is 0 Å². The van der Waals surface area contributed by atoms with Crippen LogP contribution in [0.2, 0.25) is 0 Å². The molecule has 19 heavy (non-hydrogen) atoms. The van der Waals surface area contributed by atoms with Crippen LogP contribution in [0.5, 0.6) is 0 Å². The molecule has 100 valence electrons. The van der Waals surface area contributed by atoms with E-state index >= 15 is 0 Å². The SMILES string of the molecule is Cc1cc(C(=O)NCCc2cnc[nH]2)cc(NN)n1. The molecule has 1 amide bonds. The first kappa shape index (κ1) is 13.0. The maximum atomic E-state index is 12.0. The zero-order valence-corrected chi connectivity index (χ0v) is 10.6. The van der Waals surface area contributed by atoms with Gasteiger partial charge in [-0.05, 0) is 19.1 Å². The number of imidazole rings is 1. The van der Waals surface area contributed by atoms with Crippen molar-refractivity contribution in [3.8, 4) is 0 Å². The van der Waals surface area contributed by atoms with Crippen molar-refractivity contribution in [2.45, 2.75) is 13.3 Å². The number of pyridine rings is 1. The average molecular weight is 260 g/mol. The first-order chi connectivity index (χ1) is 9.19. The highest BCUT2D eigenvalue weighted by Crippen LogP contribution is 2.08. The summed E-state index contributed by atoms with van der Waals surface area (Å²) < 4.78 is 0. The number of rotatable bonds is 5. The second kappa shape index (κ2) is 5.96. The third kappa shape index (κ3) is 3.52. The molecule has 2 heterocycles. The number of hydrogen-bond acceptors (Lipinski definition) is 5. The summed E-state index contributed by atoms with van der Waals surface area (Å²) in [5.74, 6) is 5.62. The lowest BCUT2D eigenvalue weighted by Gasteiger charge is -2.07. The number of hydrazine groups is 1. The predicted octanol–water partition coefficient (Wildman–Crippen LogP) is 0.371. The molecule has 7 nitrogen and oxygen atoms in total. The lowest BCUT2D eigenvalue weighted by Crippen LogP contribution is -2.26. The van der Waals surface area contributed by atoms with Gasteiger partial charge in [0, 0.05) is 36.1 Å². The van der Waals surface area contributed by atoms with Crippen LogP contribution < -0.4 is 16.6 Å². The van der Waals surface area contributed by atoms with Gasteiger partial charge in [0.05, 0.1) is 6.33 Å². The monoisotopic (exact) mass is 260 g/mol.